The van der Waals surface area contributed by atoms with Crippen LogP contribution in [0.5, 0.6) is 34.5 Å². The summed E-state index contributed by atoms with van der Waals surface area (Å²) in [4.78, 5) is 30.4. The minimum atomic E-state index is -1.26. The van der Waals surface area contributed by atoms with E-state index in [2.05, 4.69) is 4.99 Å². The van der Waals surface area contributed by atoms with Crippen LogP contribution in [-0.2, 0) is 9.59 Å². The Morgan fingerprint density at radius 2 is 1.29 bits per heavy atom. The van der Waals surface area contributed by atoms with Gasteiger partial charge >= 0.3 is 5.97 Å². The van der Waals surface area contributed by atoms with E-state index in [1.54, 1.807) is 24.3 Å². The molecule has 1 aliphatic rings. The summed E-state index contributed by atoms with van der Waals surface area (Å²) in [5.74, 6) is 0.203. The molecule has 0 unspecified atom stereocenters. The smallest absolute Gasteiger partial charge is 0.329 e. The average molecular weight is 505 g/mol. The summed E-state index contributed by atoms with van der Waals surface area (Å²) in [6.45, 7) is 0. The zero-order chi connectivity index (χ0) is 25.7. The average Bonchev–Trinajstić information content (AvgIpc) is 3.15. The minimum absolute atomic E-state index is 0.0301. The molecule has 3 rings (SSSR count). The standard InChI is InChI=1S/C23H24N2O9S/c1-29-14-7-12(8-15(30-2)20(14)33-5)24-23-25(22(28)18(35-23)11-19(26)27)13-9-16(31-3)21(34-6)17(10-13)32-4/h7-11H,1-6H3,(H,26,27). The highest BCUT2D eigenvalue weighted by molar-refractivity contribution is 8.19. The second-order valence-corrected chi connectivity index (χ2v) is 7.76. The van der Waals surface area contributed by atoms with Gasteiger partial charge in [0.1, 0.15) is 0 Å². The highest BCUT2D eigenvalue weighted by Crippen LogP contribution is 2.46. The number of hydrogen-bond acceptors (Lipinski definition) is 10. The largest absolute Gasteiger partial charge is 0.493 e. The number of amidine groups is 1. The molecule has 1 amide bonds. The molecule has 0 aromatic heterocycles. The van der Waals surface area contributed by atoms with Gasteiger partial charge in [-0.2, -0.15) is 0 Å². The second kappa shape index (κ2) is 10.9. The molecule has 0 bridgehead atoms. The molecule has 1 saturated heterocycles. The molecule has 11 nitrogen and oxygen atoms in total. The number of thioether (sulfide) groups is 1. The highest BCUT2D eigenvalue weighted by Gasteiger charge is 2.36. The van der Waals surface area contributed by atoms with E-state index in [1.807, 2.05) is 0 Å². The third-order valence-electron chi connectivity index (χ3n) is 4.84. The lowest BCUT2D eigenvalue weighted by molar-refractivity contribution is -0.131. The fraction of sp³-hybridized carbons (Fsp3) is 0.261. The molecule has 1 fully saturated rings. The van der Waals surface area contributed by atoms with Gasteiger partial charge in [0.2, 0.25) is 11.5 Å². The first-order chi connectivity index (χ1) is 16.8. The number of carboxylic acids is 1. The molecule has 0 spiro atoms. The summed E-state index contributed by atoms with van der Waals surface area (Å²) in [5, 5.41) is 9.43. The van der Waals surface area contributed by atoms with E-state index in [9.17, 15) is 14.7 Å². The lowest BCUT2D eigenvalue weighted by Gasteiger charge is -2.20. The second-order valence-electron chi connectivity index (χ2n) is 6.75. The van der Waals surface area contributed by atoms with E-state index >= 15 is 0 Å². The maximum absolute atomic E-state index is 13.3. The van der Waals surface area contributed by atoms with Crippen molar-refractivity contribution in [2.24, 2.45) is 4.99 Å². The van der Waals surface area contributed by atoms with Crippen LogP contribution < -0.4 is 33.3 Å². The fourth-order valence-corrected chi connectivity index (χ4v) is 4.29. The number of benzene rings is 2. The molecule has 0 atom stereocenters. The molecule has 0 saturated carbocycles. The first kappa shape index (κ1) is 25.6. The van der Waals surface area contributed by atoms with E-state index in [1.165, 1.54) is 47.6 Å². The Morgan fingerprint density at radius 1 is 0.829 bits per heavy atom. The van der Waals surface area contributed by atoms with Crippen LogP contribution >= 0.6 is 11.8 Å². The van der Waals surface area contributed by atoms with Crippen molar-refractivity contribution < 1.29 is 43.1 Å². The molecule has 2 aromatic carbocycles. The van der Waals surface area contributed by atoms with Gasteiger partial charge in [0.25, 0.3) is 5.91 Å². The van der Waals surface area contributed by atoms with Gasteiger partial charge in [-0.05, 0) is 11.8 Å². The summed E-state index contributed by atoms with van der Waals surface area (Å²) in [6, 6.07) is 6.33. The normalized spacial score (nSPS) is 15.4. The van der Waals surface area contributed by atoms with Crippen LogP contribution in [0.25, 0.3) is 0 Å². The van der Waals surface area contributed by atoms with Crippen LogP contribution in [0.1, 0.15) is 0 Å². The summed E-state index contributed by atoms with van der Waals surface area (Å²) >= 11 is 0.900. The molecule has 1 heterocycles. The Hall–Kier alpha value is -4.06. The van der Waals surface area contributed by atoms with Crippen molar-refractivity contribution in [2.75, 3.05) is 47.6 Å². The number of nitrogens with zero attached hydrogens (tertiary/aromatic N) is 2. The van der Waals surface area contributed by atoms with Crippen molar-refractivity contribution >= 4 is 40.2 Å². The van der Waals surface area contributed by atoms with E-state index < -0.39 is 11.9 Å². The molecule has 35 heavy (non-hydrogen) atoms. The Kier molecular flexibility index (Phi) is 7.97. The van der Waals surface area contributed by atoms with Gasteiger partial charge in [-0.3, -0.25) is 9.69 Å². The molecule has 1 N–H and O–H groups in total. The summed E-state index contributed by atoms with van der Waals surface area (Å²) in [7, 11) is 8.77. The van der Waals surface area contributed by atoms with Crippen LogP contribution in [0.2, 0.25) is 0 Å². The number of anilines is 1. The summed E-state index contributed by atoms with van der Waals surface area (Å²) in [6.07, 6.45) is 0.829. The number of carbonyl (C=O) groups is 2. The highest BCUT2D eigenvalue weighted by atomic mass is 32.2. The van der Waals surface area contributed by atoms with Crippen LogP contribution in [0.3, 0.4) is 0 Å². The SMILES string of the molecule is COc1cc(N=C2SC(=CC(=O)O)C(=O)N2c2cc(OC)c(OC)c(OC)c2)cc(OC)c1OC. The van der Waals surface area contributed by atoms with Crippen LogP contribution in [0.4, 0.5) is 11.4 Å². The van der Waals surface area contributed by atoms with Gasteiger partial charge in [0.05, 0.1) is 58.9 Å². The number of amides is 1. The number of methoxy groups -OCH3 is 6. The number of carboxylic acid groups (broad SMARTS) is 1. The summed E-state index contributed by atoms with van der Waals surface area (Å²) < 4.78 is 32.3. The first-order valence-electron chi connectivity index (χ1n) is 9.97. The zero-order valence-corrected chi connectivity index (χ0v) is 20.7. The van der Waals surface area contributed by atoms with Crippen molar-refractivity contribution in [3.63, 3.8) is 0 Å². The maximum Gasteiger partial charge on any atom is 0.329 e. The number of aliphatic imine (C=N–C) groups is 1. The van der Waals surface area contributed by atoms with Crippen LogP contribution in [-0.4, -0.2) is 64.8 Å². The first-order valence-corrected chi connectivity index (χ1v) is 10.8. The third kappa shape index (κ3) is 5.06. The summed E-state index contributed by atoms with van der Waals surface area (Å²) in [5.41, 5.74) is 0.709. The number of ether oxygens (including phenoxy) is 6. The van der Waals surface area contributed by atoms with Crippen LogP contribution in [0.15, 0.2) is 40.2 Å². The van der Waals surface area contributed by atoms with Gasteiger partial charge in [-0.15, -0.1) is 0 Å². The molecule has 2 aromatic rings. The predicted molar refractivity (Wildman–Crippen MR) is 130 cm³/mol. The minimum Gasteiger partial charge on any atom is -0.493 e. The lowest BCUT2D eigenvalue weighted by Crippen LogP contribution is -2.29. The van der Waals surface area contributed by atoms with Gasteiger partial charge < -0.3 is 33.5 Å². The van der Waals surface area contributed by atoms with E-state index in [4.69, 9.17) is 28.4 Å². The van der Waals surface area contributed by atoms with Crippen molar-refractivity contribution in [3.05, 3.63) is 35.2 Å². The Balaban J connectivity index is 2.22. The number of aliphatic carboxylic acids is 1. The third-order valence-corrected chi connectivity index (χ3v) is 5.81. The number of rotatable bonds is 9. The molecule has 0 aliphatic carbocycles. The van der Waals surface area contributed by atoms with E-state index in [-0.39, 0.29) is 10.1 Å². The number of carbonyl (C=O) groups excluding carboxylic acids is 1. The van der Waals surface area contributed by atoms with Crippen molar-refractivity contribution in [2.45, 2.75) is 0 Å². The molecule has 0 radical (unpaired) electrons. The Morgan fingerprint density at radius 3 is 1.69 bits per heavy atom. The number of hydrogen-bond donors (Lipinski definition) is 1. The van der Waals surface area contributed by atoms with Crippen LogP contribution in [0, 0.1) is 0 Å². The molecular weight excluding hydrogens is 480 g/mol. The van der Waals surface area contributed by atoms with Crippen molar-refractivity contribution in [1.82, 2.24) is 0 Å². The van der Waals surface area contributed by atoms with Gasteiger partial charge in [-0.25, -0.2) is 9.79 Å². The topological polar surface area (TPSA) is 125 Å². The lowest BCUT2D eigenvalue weighted by atomic mass is 10.2. The van der Waals surface area contributed by atoms with Gasteiger partial charge in [-0.1, -0.05) is 0 Å². The zero-order valence-electron chi connectivity index (χ0n) is 19.9. The fourth-order valence-electron chi connectivity index (χ4n) is 3.33. The van der Waals surface area contributed by atoms with Gasteiger partial charge in [0.15, 0.2) is 28.2 Å². The Labute approximate surface area is 205 Å². The quantitative estimate of drug-likeness (QED) is 0.507. The van der Waals surface area contributed by atoms with E-state index in [0.717, 1.165) is 17.8 Å². The Bertz CT molecular complexity index is 1160. The van der Waals surface area contributed by atoms with Crippen molar-refractivity contribution in [3.8, 4) is 34.5 Å². The van der Waals surface area contributed by atoms with E-state index in [0.29, 0.717) is 45.9 Å². The molecule has 1 aliphatic heterocycles. The molecular formula is C23H24N2O9S. The molecule has 12 heteroatoms. The maximum atomic E-state index is 13.3. The predicted octanol–water partition coefficient (Wildman–Crippen LogP) is 3.47. The molecule has 186 valence electrons. The van der Waals surface area contributed by atoms with Crippen molar-refractivity contribution in [1.29, 1.82) is 0 Å². The monoisotopic (exact) mass is 504 g/mol. The van der Waals surface area contributed by atoms with Gasteiger partial charge in [0, 0.05) is 30.3 Å².